The first kappa shape index (κ1) is 18.7. The van der Waals surface area contributed by atoms with Crippen LogP contribution in [0.1, 0.15) is 37.0 Å². The van der Waals surface area contributed by atoms with E-state index in [1.165, 1.54) is 11.8 Å². The van der Waals surface area contributed by atoms with Crippen LogP contribution in [0, 0.1) is 0 Å². The molecule has 0 spiro atoms. The topological polar surface area (TPSA) is 64.0 Å². The first-order valence-electron chi connectivity index (χ1n) is 9.69. The molecule has 28 heavy (non-hydrogen) atoms. The molecule has 144 valence electrons. The van der Waals surface area contributed by atoms with Gasteiger partial charge in [0.15, 0.2) is 5.16 Å². The first-order chi connectivity index (χ1) is 13.7. The fourth-order valence-electron chi connectivity index (χ4n) is 3.17. The van der Waals surface area contributed by atoms with Crippen molar-refractivity contribution in [2.24, 2.45) is 0 Å². The number of hydrogen-bond acceptors (Lipinski definition) is 4. The van der Waals surface area contributed by atoms with Crippen molar-refractivity contribution in [2.45, 2.75) is 49.2 Å². The van der Waals surface area contributed by atoms with E-state index in [0.29, 0.717) is 22.6 Å². The van der Waals surface area contributed by atoms with Crippen molar-refractivity contribution in [2.75, 3.05) is 0 Å². The third-order valence-corrected chi connectivity index (χ3v) is 6.01. The molecule has 5 nitrogen and oxygen atoms in total. The summed E-state index contributed by atoms with van der Waals surface area (Å²) < 4.78 is 1.70. The lowest BCUT2D eigenvalue weighted by molar-refractivity contribution is -0.120. The third-order valence-electron chi connectivity index (χ3n) is 4.76. The molecule has 1 atom stereocenters. The second kappa shape index (κ2) is 8.19. The van der Waals surface area contributed by atoms with Crippen LogP contribution in [0.2, 0.25) is 0 Å². The summed E-state index contributed by atoms with van der Waals surface area (Å²) >= 11 is 1.36. The summed E-state index contributed by atoms with van der Waals surface area (Å²) in [6.45, 7) is 2.61. The van der Waals surface area contributed by atoms with E-state index in [1.54, 1.807) is 10.6 Å². The maximum Gasteiger partial charge on any atom is 0.262 e. The lowest BCUT2D eigenvalue weighted by Crippen LogP contribution is -2.31. The van der Waals surface area contributed by atoms with Gasteiger partial charge in [0.2, 0.25) is 5.91 Å². The van der Waals surface area contributed by atoms with Gasteiger partial charge in [-0.2, -0.15) is 0 Å². The van der Waals surface area contributed by atoms with Crippen LogP contribution in [0.5, 0.6) is 0 Å². The quantitative estimate of drug-likeness (QED) is 0.488. The molecule has 1 aliphatic carbocycles. The van der Waals surface area contributed by atoms with Crippen LogP contribution in [0.25, 0.3) is 10.9 Å². The monoisotopic (exact) mass is 393 g/mol. The van der Waals surface area contributed by atoms with Crippen LogP contribution < -0.4 is 10.9 Å². The van der Waals surface area contributed by atoms with E-state index in [1.807, 2.05) is 55.5 Å². The molecule has 1 aromatic heterocycles. The maximum atomic E-state index is 13.0. The van der Waals surface area contributed by atoms with E-state index in [-0.39, 0.29) is 17.5 Å². The molecule has 4 rings (SSSR count). The molecule has 3 aromatic rings. The van der Waals surface area contributed by atoms with Gasteiger partial charge in [0, 0.05) is 12.6 Å². The Hall–Kier alpha value is -2.60. The van der Waals surface area contributed by atoms with E-state index >= 15 is 0 Å². The number of carbonyl (C=O) groups is 1. The van der Waals surface area contributed by atoms with Crippen molar-refractivity contribution in [1.29, 1.82) is 0 Å². The number of para-hydroxylation sites is 1. The SMILES string of the molecule is CCCn1c(S[C@H](C(=O)NC2CC2)c2ccccc2)nc2ccccc2c1=O. The maximum absolute atomic E-state index is 13.0. The Balaban J connectivity index is 1.76. The van der Waals surface area contributed by atoms with Gasteiger partial charge in [-0.3, -0.25) is 14.2 Å². The molecule has 0 aliphatic heterocycles. The fraction of sp³-hybridized carbons (Fsp3) is 0.318. The molecule has 2 aromatic carbocycles. The number of nitrogens with zero attached hydrogens (tertiary/aromatic N) is 2. The molecule has 1 N–H and O–H groups in total. The lowest BCUT2D eigenvalue weighted by Gasteiger charge is -2.19. The predicted molar refractivity (Wildman–Crippen MR) is 112 cm³/mol. The molecule has 1 saturated carbocycles. The smallest absolute Gasteiger partial charge is 0.262 e. The number of aromatic nitrogens is 2. The Bertz CT molecular complexity index is 1040. The highest BCUT2D eigenvalue weighted by Gasteiger charge is 2.30. The van der Waals surface area contributed by atoms with Gasteiger partial charge in [-0.1, -0.05) is 61.2 Å². The van der Waals surface area contributed by atoms with Crippen molar-refractivity contribution in [3.8, 4) is 0 Å². The Morgan fingerprint density at radius 2 is 1.89 bits per heavy atom. The number of benzene rings is 2. The van der Waals surface area contributed by atoms with Gasteiger partial charge in [-0.25, -0.2) is 4.98 Å². The Morgan fingerprint density at radius 3 is 2.61 bits per heavy atom. The minimum Gasteiger partial charge on any atom is -0.352 e. The van der Waals surface area contributed by atoms with Crippen LogP contribution >= 0.6 is 11.8 Å². The van der Waals surface area contributed by atoms with E-state index in [2.05, 4.69) is 5.32 Å². The molecule has 0 bridgehead atoms. The van der Waals surface area contributed by atoms with Gasteiger partial charge in [0.05, 0.1) is 10.9 Å². The number of rotatable bonds is 7. The molecule has 0 unspecified atom stereocenters. The average molecular weight is 394 g/mol. The molecule has 6 heteroatoms. The standard InChI is InChI=1S/C22H23N3O2S/c1-2-14-25-21(27)17-10-6-7-11-18(17)24-22(25)28-19(15-8-4-3-5-9-15)20(26)23-16-12-13-16/h3-11,16,19H,2,12-14H2,1H3,(H,23,26)/t19-/m0/s1. The van der Waals surface area contributed by atoms with E-state index in [4.69, 9.17) is 4.98 Å². The fourth-order valence-corrected chi connectivity index (χ4v) is 4.30. The summed E-state index contributed by atoms with van der Waals surface area (Å²) in [7, 11) is 0. The molecule has 1 amide bonds. The second-order valence-corrected chi connectivity index (χ2v) is 8.13. The predicted octanol–water partition coefficient (Wildman–Crippen LogP) is 3.92. The minimum atomic E-state index is -0.446. The van der Waals surface area contributed by atoms with E-state index in [9.17, 15) is 9.59 Å². The summed E-state index contributed by atoms with van der Waals surface area (Å²) in [5.41, 5.74) is 1.53. The van der Waals surface area contributed by atoms with Crippen LogP contribution in [-0.4, -0.2) is 21.5 Å². The Kier molecular flexibility index (Phi) is 5.48. The zero-order valence-corrected chi connectivity index (χ0v) is 16.6. The molecule has 1 heterocycles. The van der Waals surface area contributed by atoms with E-state index < -0.39 is 5.25 Å². The zero-order chi connectivity index (χ0) is 19.5. The molecule has 0 radical (unpaired) electrons. The normalized spacial score (nSPS) is 14.8. The highest BCUT2D eigenvalue weighted by atomic mass is 32.2. The molecular formula is C22H23N3O2S. The van der Waals surface area contributed by atoms with Crippen molar-refractivity contribution < 1.29 is 4.79 Å². The number of carbonyl (C=O) groups excluding carboxylic acids is 1. The van der Waals surface area contributed by atoms with E-state index in [0.717, 1.165) is 24.8 Å². The van der Waals surface area contributed by atoms with Crippen molar-refractivity contribution in [3.05, 3.63) is 70.5 Å². The molecule has 0 saturated heterocycles. The van der Waals surface area contributed by atoms with Crippen LogP contribution in [0.15, 0.2) is 64.5 Å². The highest BCUT2D eigenvalue weighted by molar-refractivity contribution is 8.00. The number of thioether (sulfide) groups is 1. The number of hydrogen-bond donors (Lipinski definition) is 1. The zero-order valence-electron chi connectivity index (χ0n) is 15.8. The molecule has 1 aliphatic rings. The third kappa shape index (κ3) is 3.97. The first-order valence-corrected chi connectivity index (χ1v) is 10.6. The number of amides is 1. The molecular weight excluding hydrogens is 370 g/mol. The van der Waals surface area contributed by atoms with Crippen LogP contribution in [-0.2, 0) is 11.3 Å². The molecule has 1 fully saturated rings. The summed E-state index contributed by atoms with van der Waals surface area (Å²) in [5, 5.41) is 3.85. The van der Waals surface area contributed by atoms with Gasteiger partial charge >= 0.3 is 0 Å². The second-order valence-electron chi connectivity index (χ2n) is 7.06. The number of nitrogens with one attached hydrogen (secondary N) is 1. The lowest BCUT2D eigenvalue weighted by atomic mass is 10.1. The Morgan fingerprint density at radius 1 is 1.18 bits per heavy atom. The summed E-state index contributed by atoms with van der Waals surface area (Å²) in [6, 6.07) is 17.4. The van der Waals surface area contributed by atoms with Crippen molar-refractivity contribution in [3.63, 3.8) is 0 Å². The Labute approximate surface area is 168 Å². The minimum absolute atomic E-state index is 0.0239. The summed E-state index contributed by atoms with van der Waals surface area (Å²) in [6.07, 6.45) is 2.89. The van der Waals surface area contributed by atoms with Gasteiger partial charge in [-0.15, -0.1) is 0 Å². The highest BCUT2D eigenvalue weighted by Crippen LogP contribution is 2.35. The largest absolute Gasteiger partial charge is 0.352 e. The van der Waals surface area contributed by atoms with Gasteiger partial charge < -0.3 is 5.32 Å². The van der Waals surface area contributed by atoms with Crippen LogP contribution in [0.4, 0.5) is 0 Å². The van der Waals surface area contributed by atoms with Crippen molar-refractivity contribution >= 4 is 28.6 Å². The number of fused-ring (bicyclic) bond motifs is 1. The summed E-state index contributed by atoms with van der Waals surface area (Å²) in [4.78, 5) is 30.7. The average Bonchev–Trinajstić information content (AvgIpc) is 3.53. The van der Waals surface area contributed by atoms with Gasteiger partial charge in [-0.05, 0) is 37.0 Å². The van der Waals surface area contributed by atoms with Gasteiger partial charge in [0.1, 0.15) is 5.25 Å². The van der Waals surface area contributed by atoms with Crippen molar-refractivity contribution in [1.82, 2.24) is 14.9 Å². The van der Waals surface area contributed by atoms with Crippen LogP contribution in [0.3, 0.4) is 0 Å². The summed E-state index contributed by atoms with van der Waals surface area (Å²) in [5.74, 6) is -0.0239. The van der Waals surface area contributed by atoms with Gasteiger partial charge in [0.25, 0.3) is 5.56 Å².